The average molecular weight is 322 g/mol. The molecule has 0 unspecified atom stereocenters. The first kappa shape index (κ1) is 15.5. The van der Waals surface area contributed by atoms with Crippen LogP contribution in [-0.2, 0) is 10.0 Å². The summed E-state index contributed by atoms with van der Waals surface area (Å²) in [5, 5.41) is 0. The number of thioether (sulfide) groups is 1. The minimum Gasteiger partial charge on any atom is -0.396 e. The zero-order valence-corrected chi connectivity index (χ0v) is 12.4. The van der Waals surface area contributed by atoms with Crippen molar-refractivity contribution in [3.05, 3.63) is 23.8 Å². The van der Waals surface area contributed by atoms with Crippen molar-refractivity contribution in [2.45, 2.75) is 17.7 Å². The van der Waals surface area contributed by atoms with Crippen LogP contribution < -0.4 is 10.5 Å². The van der Waals surface area contributed by atoms with Crippen LogP contribution in [0.5, 0.6) is 0 Å². The summed E-state index contributed by atoms with van der Waals surface area (Å²) in [6.07, 6.45) is 1.86. The normalized spacial score (nSPS) is 17.3. The van der Waals surface area contributed by atoms with Gasteiger partial charge in [0.05, 0.1) is 5.69 Å². The molecule has 1 heterocycles. The minimum atomic E-state index is -4.01. The maximum absolute atomic E-state index is 13.6. The maximum Gasteiger partial charge on any atom is 0.243 e. The fourth-order valence-electron chi connectivity index (χ4n) is 2.01. The minimum absolute atomic E-state index is 0.256. The highest BCUT2D eigenvalue weighted by Gasteiger charge is 2.23. The van der Waals surface area contributed by atoms with E-state index in [1.54, 1.807) is 0 Å². The first-order valence-corrected chi connectivity index (χ1v) is 8.86. The number of rotatable bonds is 4. The van der Waals surface area contributed by atoms with Crippen LogP contribution in [0.15, 0.2) is 17.0 Å². The van der Waals surface area contributed by atoms with E-state index in [-0.39, 0.29) is 18.2 Å². The van der Waals surface area contributed by atoms with Gasteiger partial charge in [-0.15, -0.1) is 0 Å². The molecule has 1 aliphatic rings. The van der Waals surface area contributed by atoms with Gasteiger partial charge in [-0.25, -0.2) is 21.9 Å². The molecule has 8 heteroatoms. The van der Waals surface area contributed by atoms with Crippen LogP contribution in [0.2, 0.25) is 0 Å². The summed E-state index contributed by atoms with van der Waals surface area (Å²) in [6, 6.07) is 1.30. The van der Waals surface area contributed by atoms with Gasteiger partial charge in [0.1, 0.15) is 16.5 Å². The van der Waals surface area contributed by atoms with Crippen molar-refractivity contribution in [3.63, 3.8) is 0 Å². The summed E-state index contributed by atoms with van der Waals surface area (Å²) in [5.74, 6) is 0.162. The van der Waals surface area contributed by atoms with Gasteiger partial charge in [-0.1, -0.05) is 0 Å². The van der Waals surface area contributed by atoms with Crippen LogP contribution in [0.3, 0.4) is 0 Å². The van der Waals surface area contributed by atoms with Gasteiger partial charge < -0.3 is 5.73 Å². The van der Waals surface area contributed by atoms with Crippen LogP contribution in [0, 0.1) is 17.6 Å². The number of hydrogen-bond acceptors (Lipinski definition) is 4. The second-order valence-electron chi connectivity index (χ2n) is 4.71. The average Bonchev–Trinajstić information content (AvgIpc) is 2.42. The van der Waals surface area contributed by atoms with Gasteiger partial charge in [0.15, 0.2) is 0 Å². The van der Waals surface area contributed by atoms with E-state index in [1.807, 2.05) is 11.8 Å². The molecule has 0 atom stereocenters. The fraction of sp³-hybridized carbons (Fsp3) is 0.500. The second kappa shape index (κ2) is 6.28. The number of nitrogens with one attached hydrogen (secondary N) is 1. The summed E-state index contributed by atoms with van der Waals surface area (Å²) >= 11 is 1.84. The van der Waals surface area contributed by atoms with Crippen molar-refractivity contribution in [2.24, 2.45) is 5.92 Å². The topological polar surface area (TPSA) is 72.2 Å². The zero-order chi connectivity index (χ0) is 14.8. The number of benzene rings is 1. The molecule has 112 valence electrons. The first-order chi connectivity index (χ1) is 9.40. The van der Waals surface area contributed by atoms with Gasteiger partial charge in [-0.3, -0.25) is 0 Å². The molecule has 1 fully saturated rings. The zero-order valence-electron chi connectivity index (χ0n) is 10.7. The molecule has 1 aromatic rings. The molecule has 0 bridgehead atoms. The van der Waals surface area contributed by atoms with E-state index < -0.39 is 26.6 Å². The van der Waals surface area contributed by atoms with Crippen molar-refractivity contribution in [2.75, 3.05) is 23.8 Å². The molecule has 1 saturated heterocycles. The number of nitrogen functional groups attached to an aromatic ring is 1. The summed E-state index contributed by atoms with van der Waals surface area (Å²) in [5.41, 5.74) is 4.90. The SMILES string of the molecule is Nc1cc(S(=O)(=O)NCC2CCSCC2)c(F)cc1F. The van der Waals surface area contributed by atoms with E-state index >= 15 is 0 Å². The summed E-state index contributed by atoms with van der Waals surface area (Å²) < 4.78 is 53.0. The Morgan fingerprint density at radius 1 is 1.25 bits per heavy atom. The predicted octanol–water partition coefficient (Wildman–Crippen LogP) is 1.97. The molecule has 1 aliphatic heterocycles. The Morgan fingerprint density at radius 3 is 2.55 bits per heavy atom. The van der Waals surface area contributed by atoms with Gasteiger partial charge in [-0.05, 0) is 36.3 Å². The van der Waals surface area contributed by atoms with E-state index in [1.165, 1.54) is 0 Å². The second-order valence-corrected chi connectivity index (χ2v) is 7.67. The third kappa shape index (κ3) is 3.62. The van der Waals surface area contributed by atoms with Crippen molar-refractivity contribution in [1.29, 1.82) is 0 Å². The van der Waals surface area contributed by atoms with Gasteiger partial charge in [0, 0.05) is 12.6 Å². The molecule has 3 N–H and O–H groups in total. The first-order valence-electron chi connectivity index (χ1n) is 6.22. The van der Waals surface area contributed by atoms with Crippen molar-refractivity contribution < 1.29 is 17.2 Å². The lowest BCUT2D eigenvalue weighted by atomic mass is 10.0. The smallest absolute Gasteiger partial charge is 0.243 e. The van der Waals surface area contributed by atoms with Crippen molar-refractivity contribution in [1.82, 2.24) is 4.72 Å². The molecule has 2 rings (SSSR count). The lowest BCUT2D eigenvalue weighted by Gasteiger charge is -2.21. The van der Waals surface area contributed by atoms with E-state index in [2.05, 4.69) is 4.72 Å². The number of nitrogens with two attached hydrogens (primary N) is 1. The Labute approximate surface area is 121 Å². The molecule has 0 amide bonds. The quantitative estimate of drug-likeness (QED) is 0.831. The molecule has 0 aromatic heterocycles. The standard InChI is InChI=1S/C12H16F2N2O2S2/c13-9-5-10(14)12(6-11(9)15)20(17,18)16-7-8-1-3-19-4-2-8/h5-6,8,16H,1-4,7,15H2. The van der Waals surface area contributed by atoms with E-state index in [0.29, 0.717) is 6.07 Å². The monoisotopic (exact) mass is 322 g/mol. The van der Waals surface area contributed by atoms with Gasteiger partial charge in [0.25, 0.3) is 0 Å². The summed E-state index contributed by atoms with van der Waals surface area (Å²) in [7, 11) is -4.01. The molecular weight excluding hydrogens is 306 g/mol. The third-order valence-corrected chi connectivity index (χ3v) is 5.73. The molecule has 20 heavy (non-hydrogen) atoms. The molecule has 0 aliphatic carbocycles. The molecular formula is C12H16F2N2O2S2. The largest absolute Gasteiger partial charge is 0.396 e. The van der Waals surface area contributed by atoms with E-state index in [4.69, 9.17) is 5.73 Å². The van der Waals surface area contributed by atoms with E-state index in [0.717, 1.165) is 30.4 Å². The lowest BCUT2D eigenvalue weighted by molar-refractivity contribution is 0.474. The molecule has 1 aromatic carbocycles. The lowest BCUT2D eigenvalue weighted by Crippen LogP contribution is -2.31. The van der Waals surface area contributed by atoms with Crippen LogP contribution in [0.1, 0.15) is 12.8 Å². The number of sulfonamides is 1. The van der Waals surface area contributed by atoms with E-state index in [9.17, 15) is 17.2 Å². The van der Waals surface area contributed by atoms with Crippen LogP contribution in [0.25, 0.3) is 0 Å². The van der Waals surface area contributed by atoms with Gasteiger partial charge in [0.2, 0.25) is 10.0 Å². The highest BCUT2D eigenvalue weighted by Crippen LogP contribution is 2.24. The Balaban J connectivity index is 2.11. The van der Waals surface area contributed by atoms with Crippen LogP contribution >= 0.6 is 11.8 Å². The third-order valence-electron chi connectivity index (χ3n) is 3.24. The maximum atomic E-state index is 13.6. The Morgan fingerprint density at radius 2 is 1.90 bits per heavy atom. The number of anilines is 1. The summed E-state index contributed by atoms with van der Waals surface area (Å²) in [6.45, 7) is 0.264. The number of hydrogen-bond donors (Lipinski definition) is 2. The highest BCUT2D eigenvalue weighted by molar-refractivity contribution is 7.99. The Kier molecular flexibility index (Phi) is 4.87. The van der Waals surface area contributed by atoms with Crippen LogP contribution in [-0.4, -0.2) is 26.5 Å². The van der Waals surface area contributed by atoms with Gasteiger partial charge in [-0.2, -0.15) is 11.8 Å². The highest BCUT2D eigenvalue weighted by atomic mass is 32.2. The van der Waals surface area contributed by atoms with Gasteiger partial charge >= 0.3 is 0 Å². The van der Waals surface area contributed by atoms with Crippen molar-refractivity contribution in [3.8, 4) is 0 Å². The Bertz CT molecular complexity index is 587. The number of halogens is 2. The predicted molar refractivity (Wildman–Crippen MR) is 76.0 cm³/mol. The fourth-order valence-corrected chi connectivity index (χ4v) is 4.42. The van der Waals surface area contributed by atoms with Crippen LogP contribution in [0.4, 0.5) is 14.5 Å². The molecule has 0 radical (unpaired) electrons. The summed E-state index contributed by atoms with van der Waals surface area (Å²) in [4.78, 5) is -0.610. The Hall–Kier alpha value is -0.860. The molecule has 4 nitrogen and oxygen atoms in total. The molecule has 0 spiro atoms. The molecule has 0 saturated carbocycles. The van der Waals surface area contributed by atoms with Crippen molar-refractivity contribution >= 4 is 27.5 Å².